The number of anilines is 1. The van der Waals surface area contributed by atoms with E-state index in [1.54, 1.807) is 17.0 Å². The molecule has 1 heterocycles. The van der Waals surface area contributed by atoms with Crippen LogP contribution in [0, 0.1) is 5.92 Å². The van der Waals surface area contributed by atoms with Crippen molar-refractivity contribution >= 4 is 27.5 Å². The van der Waals surface area contributed by atoms with Gasteiger partial charge >= 0.3 is 0 Å². The molecule has 0 saturated heterocycles. The van der Waals surface area contributed by atoms with Crippen LogP contribution in [0.4, 0.5) is 5.69 Å². The minimum atomic E-state index is -3.91. The maximum atomic E-state index is 13.1. The topological polar surface area (TPSA) is 95.6 Å². The number of rotatable bonds is 9. The second kappa shape index (κ2) is 10.5. The Morgan fingerprint density at radius 1 is 1.06 bits per heavy atom. The minimum absolute atomic E-state index is 0.0691. The van der Waals surface area contributed by atoms with Crippen LogP contribution in [0.2, 0.25) is 0 Å². The van der Waals surface area contributed by atoms with Crippen molar-refractivity contribution in [2.75, 3.05) is 11.4 Å². The van der Waals surface area contributed by atoms with Crippen LogP contribution < -0.4 is 14.9 Å². The summed E-state index contributed by atoms with van der Waals surface area (Å²) in [6.07, 6.45) is 2.18. The first-order valence-corrected chi connectivity index (χ1v) is 12.8. The van der Waals surface area contributed by atoms with Gasteiger partial charge in [-0.05, 0) is 61.4 Å². The van der Waals surface area contributed by atoms with E-state index in [0.717, 1.165) is 24.1 Å². The fourth-order valence-corrected chi connectivity index (χ4v) is 5.43. The lowest BCUT2D eigenvalue weighted by Gasteiger charge is -2.24. The average Bonchev–Trinajstić information content (AvgIpc) is 3.20. The van der Waals surface area contributed by atoms with Gasteiger partial charge in [0.15, 0.2) is 0 Å². The SMILES string of the molecule is CC(=O)N1CCc2cc(S(=O)(=O)NC(C(=O)NC(C)CCc3ccccc3)C(C)C)ccc21. The predicted octanol–water partition coefficient (Wildman–Crippen LogP) is 3.04. The molecular weight excluding hydrogens is 438 g/mol. The first-order chi connectivity index (χ1) is 15.6. The highest BCUT2D eigenvalue weighted by molar-refractivity contribution is 7.89. The second-order valence-corrected chi connectivity index (χ2v) is 10.7. The number of nitrogens with zero attached hydrogens (tertiary/aromatic N) is 1. The Balaban J connectivity index is 1.67. The molecule has 1 aliphatic heterocycles. The zero-order valence-corrected chi connectivity index (χ0v) is 20.5. The van der Waals surface area contributed by atoms with E-state index in [0.29, 0.717) is 13.0 Å². The summed E-state index contributed by atoms with van der Waals surface area (Å²) >= 11 is 0. The van der Waals surface area contributed by atoms with Gasteiger partial charge in [-0.15, -0.1) is 0 Å². The van der Waals surface area contributed by atoms with Crippen LogP contribution in [0.15, 0.2) is 53.4 Å². The number of carbonyl (C=O) groups is 2. The maximum absolute atomic E-state index is 13.1. The lowest BCUT2D eigenvalue weighted by Crippen LogP contribution is -2.51. The molecule has 0 radical (unpaired) electrons. The number of hydrogen-bond acceptors (Lipinski definition) is 4. The molecule has 8 heteroatoms. The van der Waals surface area contributed by atoms with Crippen molar-refractivity contribution in [3.63, 3.8) is 0 Å². The van der Waals surface area contributed by atoms with E-state index in [9.17, 15) is 18.0 Å². The predicted molar refractivity (Wildman–Crippen MR) is 129 cm³/mol. The molecule has 2 atom stereocenters. The van der Waals surface area contributed by atoms with E-state index in [4.69, 9.17) is 0 Å². The number of fused-ring (bicyclic) bond motifs is 1. The number of amides is 2. The van der Waals surface area contributed by atoms with Gasteiger partial charge in [0.25, 0.3) is 0 Å². The Morgan fingerprint density at radius 3 is 2.39 bits per heavy atom. The summed E-state index contributed by atoms with van der Waals surface area (Å²) in [5.41, 5.74) is 2.75. The molecule has 7 nitrogen and oxygen atoms in total. The Bertz CT molecular complexity index is 1100. The van der Waals surface area contributed by atoms with Crippen LogP contribution in [0.25, 0.3) is 0 Å². The molecule has 2 aromatic carbocycles. The minimum Gasteiger partial charge on any atom is -0.352 e. The van der Waals surface area contributed by atoms with E-state index < -0.39 is 16.1 Å². The monoisotopic (exact) mass is 471 g/mol. The summed E-state index contributed by atoms with van der Waals surface area (Å²) in [6.45, 7) is 7.59. The third-order valence-corrected chi connectivity index (χ3v) is 7.40. The van der Waals surface area contributed by atoms with Crippen molar-refractivity contribution in [3.05, 3.63) is 59.7 Å². The van der Waals surface area contributed by atoms with Gasteiger partial charge in [0.05, 0.1) is 4.90 Å². The average molecular weight is 472 g/mol. The molecule has 0 fully saturated rings. The number of hydrogen-bond donors (Lipinski definition) is 2. The van der Waals surface area contributed by atoms with Gasteiger partial charge in [-0.25, -0.2) is 8.42 Å². The zero-order valence-electron chi connectivity index (χ0n) is 19.7. The largest absolute Gasteiger partial charge is 0.352 e. The lowest BCUT2D eigenvalue weighted by atomic mass is 10.0. The highest BCUT2D eigenvalue weighted by atomic mass is 32.2. The molecule has 0 spiro atoms. The summed E-state index contributed by atoms with van der Waals surface area (Å²) in [5, 5.41) is 2.96. The van der Waals surface area contributed by atoms with Crippen molar-refractivity contribution in [1.82, 2.24) is 10.0 Å². The van der Waals surface area contributed by atoms with Gasteiger partial charge < -0.3 is 10.2 Å². The summed E-state index contributed by atoms with van der Waals surface area (Å²) in [7, 11) is -3.91. The Labute approximate surface area is 196 Å². The first kappa shape index (κ1) is 24.9. The summed E-state index contributed by atoms with van der Waals surface area (Å²) in [5.74, 6) is -0.637. The van der Waals surface area contributed by atoms with Crippen LogP contribution in [0.3, 0.4) is 0 Å². The van der Waals surface area contributed by atoms with Crippen LogP contribution in [0.1, 0.15) is 45.2 Å². The highest BCUT2D eigenvalue weighted by Crippen LogP contribution is 2.30. The molecule has 0 aliphatic carbocycles. The number of nitrogens with one attached hydrogen (secondary N) is 2. The van der Waals surface area contributed by atoms with Gasteiger partial charge in [0.1, 0.15) is 6.04 Å². The summed E-state index contributed by atoms with van der Waals surface area (Å²) in [6, 6.07) is 13.8. The van der Waals surface area contributed by atoms with Crippen LogP contribution in [0.5, 0.6) is 0 Å². The molecule has 2 unspecified atom stereocenters. The van der Waals surface area contributed by atoms with Gasteiger partial charge in [0, 0.05) is 25.2 Å². The maximum Gasteiger partial charge on any atom is 0.241 e. The van der Waals surface area contributed by atoms with E-state index in [1.165, 1.54) is 18.6 Å². The van der Waals surface area contributed by atoms with Gasteiger partial charge in [-0.1, -0.05) is 44.2 Å². The standard InChI is InChI=1S/C25H33N3O4S/c1-17(2)24(25(30)26-18(3)10-11-20-8-6-5-7-9-20)27-33(31,32)22-12-13-23-21(16-22)14-15-28(23)19(4)29/h5-9,12-13,16-18,24,27H,10-11,14-15H2,1-4H3,(H,26,30). The normalized spacial score (nSPS) is 15.2. The third-order valence-electron chi connectivity index (χ3n) is 5.97. The molecule has 1 aliphatic rings. The zero-order chi connectivity index (χ0) is 24.2. The van der Waals surface area contributed by atoms with Crippen LogP contribution >= 0.6 is 0 Å². The number of sulfonamides is 1. The van der Waals surface area contributed by atoms with E-state index in [2.05, 4.69) is 10.0 Å². The fraction of sp³-hybridized carbons (Fsp3) is 0.440. The van der Waals surface area contributed by atoms with E-state index >= 15 is 0 Å². The Morgan fingerprint density at radius 2 is 1.76 bits per heavy atom. The molecule has 3 rings (SSSR count). The third kappa shape index (κ3) is 6.21. The molecule has 178 valence electrons. The van der Waals surface area contributed by atoms with E-state index in [1.807, 2.05) is 51.1 Å². The Hall–Kier alpha value is -2.71. The fourth-order valence-electron chi connectivity index (χ4n) is 4.03. The Kier molecular flexibility index (Phi) is 7.92. The van der Waals surface area contributed by atoms with Crippen molar-refractivity contribution in [3.8, 4) is 0 Å². The molecule has 2 aromatic rings. The molecule has 2 N–H and O–H groups in total. The number of aryl methyl sites for hydroxylation is 1. The number of carbonyl (C=O) groups excluding carboxylic acids is 2. The molecule has 0 aromatic heterocycles. The van der Waals surface area contributed by atoms with Crippen molar-refractivity contribution in [2.45, 2.75) is 63.9 Å². The summed E-state index contributed by atoms with van der Waals surface area (Å²) < 4.78 is 28.8. The van der Waals surface area contributed by atoms with Crippen molar-refractivity contribution in [2.24, 2.45) is 5.92 Å². The van der Waals surface area contributed by atoms with Crippen LogP contribution in [-0.2, 0) is 32.5 Å². The summed E-state index contributed by atoms with van der Waals surface area (Å²) in [4.78, 5) is 26.4. The molecule has 0 bridgehead atoms. The molecule has 0 saturated carbocycles. The van der Waals surface area contributed by atoms with Gasteiger partial charge in [-0.2, -0.15) is 4.72 Å². The van der Waals surface area contributed by atoms with Gasteiger partial charge in [-0.3, -0.25) is 9.59 Å². The van der Waals surface area contributed by atoms with Gasteiger partial charge in [0.2, 0.25) is 21.8 Å². The first-order valence-electron chi connectivity index (χ1n) is 11.4. The number of benzene rings is 2. The smallest absolute Gasteiger partial charge is 0.241 e. The molecular formula is C25H33N3O4S. The van der Waals surface area contributed by atoms with E-state index in [-0.39, 0.29) is 28.7 Å². The second-order valence-electron chi connectivity index (χ2n) is 8.99. The van der Waals surface area contributed by atoms with Crippen molar-refractivity contribution in [1.29, 1.82) is 0 Å². The quantitative estimate of drug-likeness (QED) is 0.588. The van der Waals surface area contributed by atoms with Crippen molar-refractivity contribution < 1.29 is 18.0 Å². The lowest BCUT2D eigenvalue weighted by molar-refractivity contribution is -0.124. The highest BCUT2D eigenvalue weighted by Gasteiger charge is 2.30. The molecule has 33 heavy (non-hydrogen) atoms. The van der Waals surface area contributed by atoms with Crippen LogP contribution in [-0.4, -0.2) is 38.9 Å². The molecule has 2 amide bonds.